The van der Waals surface area contributed by atoms with Crippen LogP contribution in [0.2, 0.25) is 17.3 Å². The van der Waals surface area contributed by atoms with Crippen molar-refractivity contribution in [3.8, 4) is 39.5 Å². The molecule has 0 saturated heterocycles. The molecule has 69 heavy (non-hydrogen) atoms. The van der Waals surface area contributed by atoms with Gasteiger partial charge in [-0.3, -0.25) is 0 Å². The van der Waals surface area contributed by atoms with Gasteiger partial charge >= 0.3 is 291 Å². The Morgan fingerprint density at radius 1 is 0.638 bits per heavy atom. The van der Waals surface area contributed by atoms with Gasteiger partial charge in [0.1, 0.15) is 0 Å². The Hall–Kier alpha value is -6.11. The van der Waals surface area contributed by atoms with Gasteiger partial charge in [0.2, 0.25) is 0 Å². The summed E-state index contributed by atoms with van der Waals surface area (Å²) in [6.07, 6.45) is 1.87. The summed E-state index contributed by atoms with van der Waals surface area (Å²) in [5, 5.41) is 7.30. The van der Waals surface area contributed by atoms with Crippen molar-refractivity contribution in [2.45, 2.75) is 83.0 Å². The van der Waals surface area contributed by atoms with Crippen molar-refractivity contribution in [3.05, 3.63) is 193 Å². The average Bonchev–Trinajstić information content (AvgIpc) is 3.91. The van der Waals surface area contributed by atoms with E-state index in [4.69, 9.17) is 9.40 Å². The second kappa shape index (κ2) is 19.0. The Morgan fingerprint density at radius 3 is 2.01 bits per heavy atom. The predicted octanol–water partition coefficient (Wildman–Crippen LogP) is 17.0. The van der Waals surface area contributed by atoms with Crippen LogP contribution in [0.5, 0.6) is 0 Å². The van der Waals surface area contributed by atoms with E-state index in [2.05, 4.69) is 221 Å². The molecule has 11 rings (SSSR count). The third-order valence-electron chi connectivity index (χ3n) is 13.4. The van der Waals surface area contributed by atoms with Crippen LogP contribution in [0.4, 0.5) is 0 Å². The third kappa shape index (κ3) is 9.14. The van der Waals surface area contributed by atoms with Crippen molar-refractivity contribution in [2.75, 3.05) is 0 Å². The Morgan fingerprint density at radius 2 is 1.32 bits per heavy atom. The number of fused-ring (bicyclic) bond motifs is 7. The number of imidazole rings is 1. The number of hydrogen-bond acceptors (Lipinski definition) is 3. The van der Waals surface area contributed by atoms with Crippen LogP contribution in [0.15, 0.2) is 168 Å². The summed E-state index contributed by atoms with van der Waals surface area (Å²) < 4.78 is 10.9. The molecular weight excluding hydrogens is 1080 g/mol. The summed E-state index contributed by atoms with van der Waals surface area (Å²) in [5.41, 5.74) is 14.5. The zero-order valence-electron chi connectivity index (χ0n) is 41.3. The molecule has 11 aromatic rings. The fourth-order valence-electron chi connectivity index (χ4n) is 9.71. The van der Waals surface area contributed by atoms with Gasteiger partial charge in [-0.2, -0.15) is 0 Å². The third-order valence-corrected chi connectivity index (χ3v) is 17.6. The standard InChI is InChI=1S/C48H43GeN2O.C15H16N.Ir/c1-29(2)37-26-34(31-15-9-8-10-16-31)27-38(30(3)4)46(37)51-43-20-14-13-19-42(43)50-48(51)36-23-24-41(49(5,6)7)45-40-25-33-22-21-32-17-11-12-18-35(32)39(33)28-44(40)52-47(36)45;1-15(2,3)13-9-10-16-14(11-13)12-7-5-4-6-8-12;/h8-22,24-30H,1-7H3;4-7,9-11H,1-3H3;/q2*-1;. The number of pyridine rings is 1. The second-order valence-corrected chi connectivity index (χ2v) is 31.5. The molecular formula is C63H59GeIrN3O-2. The summed E-state index contributed by atoms with van der Waals surface area (Å²) in [5.74, 6) is 8.80. The molecule has 347 valence electrons. The number of furan rings is 1. The maximum atomic E-state index is 7.10. The van der Waals surface area contributed by atoms with Crippen molar-refractivity contribution in [1.82, 2.24) is 14.5 Å². The fourth-order valence-corrected chi connectivity index (χ4v) is 12.9. The van der Waals surface area contributed by atoms with Crippen LogP contribution < -0.4 is 4.40 Å². The molecule has 0 aliphatic carbocycles. The van der Waals surface area contributed by atoms with Gasteiger partial charge < -0.3 is 4.98 Å². The van der Waals surface area contributed by atoms with Crippen LogP contribution in [-0.2, 0) is 25.5 Å². The first-order chi connectivity index (χ1) is 32.7. The van der Waals surface area contributed by atoms with Gasteiger partial charge in [0, 0.05) is 26.3 Å². The quantitative estimate of drug-likeness (QED) is 0.0907. The van der Waals surface area contributed by atoms with Gasteiger partial charge in [-0.1, -0.05) is 45.0 Å². The summed E-state index contributed by atoms with van der Waals surface area (Å²) in [4.78, 5) is 9.83. The van der Waals surface area contributed by atoms with E-state index in [1.54, 1.807) is 0 Å². The first-order valence-corrected chi connectivity index (χ1v) is 31.4. The van der Waals surface area contributed by atoms with E-state index < -0.39 is 13.3 Å². The fraction of sp³-hybridized carbons (Fsp3) is 0.206. The molecule has 0 unspecified atom stereocenters. The molecule has 4 nitrogen and oxygen atoms in total. The molecule has 0 bridgehead atoms. The number of nitrogens with zero attached hydrogens (tertiary/aromatic N) is 3. The van der Waals surface area contributed by atoms with Crippen LogP contribution in [0.3, 0.4) is 0 Å². The van der Waals surface area contributed by atoms with Gasteiger partial charge in [-0.15, -0.1) is 35.9 Å². The van der Waals surface area contributed by atoms with Gasteiger partial charge in [0.15, 0.2) is 0 Å². The van der Waals surface area contributed by atoms with Crippen molar-refractivity contribution < 1.29 is 24.5 Å². The van der Waals surface area contributed by atoms with Crippen molar-refractivity contribution >= 4 is 72.2 Å². The molecule has 8 aromatic carbocycles. The van der Waals surface area contributed by atoms with Crippen LogP contribution in [0.25, 0.3) is 94.0 Å². The molecule has 3 heterocycles. The molecule has 0 atom stereocenters. The first-order valence-electron chi connectivity index (χ1n) is 24.0. The van der Waals surface area contributed by atoms with Crippen LogP contribution in [0, 0.1) is 12.1 Å². The van der Waals surface area contributed by atoms with Crippen molar-refractivity contribution in [3.63, 3.8) is 0 Å². The Balaban J connectivity index is 0.000000296. The second-order valence-electron chi connectivity index (χ2n) is 20.9. The van der Waals surface area contributed by atoms with Crippen LogP contribution >= 0.6 is 0 Å². The minimum atomic E-state index is -2.42. The smallest absolute Gasteiger partial charge is 0 e. The maximum Gasteiger partial charge on any atom is 0 e. The molecule has 0 fully saturated rings. The summed E-state index contributed by atoms with van der Waals surface area (Å²) in [6, 6.07) is 63.2. The topological polar surface area (TPSA) is 43.9 Å². The predicted molar refractivity (Wildman–Crippen MR) is 291 cm³/mol. The zero-order valence-corrected chi connectivity index (χ0v) is 45.8. The van der Waals surface area contributed by atoms with E-state index in [0.717, 1.165) is 44.8 Å². The zero-order chi connectivity index (χ0) is 47.5. The molecule has 1 radical (unpaired) electrons. The SMILES string of the molecule is CC(C)(C)c1ccnc(-c2[c-]cccc2)c1.CC(C)c1cc(-c2ccccc2)cc(C(C)C)c1-n1c(-c2[c-]c[c]([Ge]([CH3])([CH3])[CH3])c3c2oc2cc4c(ccc5ccccc54)cc23)nc2ccccc21.[Ir]. The molecule has 0 spiro atoms. The Labute approximate surface area is 423 Å². The molecule has 0 N–H and O–H groups in total. The number of aromatic nitrogens is 3. The number of hydrogen-bond donors (Lipinski definition) is 0. The van der Waals surface area contributed by atoms with Gasteiger partial charge in [0.05, 0.1) is 0 Å². The van der Waals surface area contributed by atoms with Gasteiger partial charge in [-0.05, 0) is 22.7 Å². The van der Waals surface area contributed by atoms with E-state index in [1.165, 1.54) is 70.2 Å². The summed E-state index contributed by atoms with van der Waals surface area (Å²) >= 11 is -2.42. The Bertz CT molecular complexity index is 3620. The summed E-state index contributed by atoms with van der Waals surface area (Å²) in [7, 11) is 0. The van der Waals surface area contributed by atoms with Crippen LogP contribution in [-0.4, -0.2) is 27.8 Å². The molecule has 0 amide bonds. The van der Waals surface area contributed by atoms with E-state index >= 15 is 0 Å². The van der Waals surface area contributed by atoms with E-state index in [9.17, 15) is 0 Å². The normalized spacial score (nSPS) is 12.1. The number of benzene rings is 8. The first kappa shape index (κ1) is 47.9. The van der Waals surface area contributed by atoms with Gasteiger partial charge in [0.25, 0.3) is 0 Å². The van der Waals surface area contributed by atoms with Crippen molar-refractivity contribution in [2.24, 2.45) is 0 Å². The maximum absolute atomic E-state index is 7.10. The monoisotopic (exact) mass is 1140 g/mol. The minimum absolute atomic E-state index is 0. The van der Waals surface area contributed by atoms with E-state index in [0.29, 0.717) is 0 Å². The van der Waals surface area contributed by atoms with E-state index in [1.807, 2.05) is 30.5 Å². The molecule has 0 aliphatic heterocycles. The molecule has 3 aromatic heterocycles. The Kier molecular flexibility index (Phi) is 13.2. The van der Waals surface area contributed by atoms with Crippen molar-refractivity contribution in [1.29, 1.82) is 0 Å². The van der Waals surface area contributed by atoms with Gasteiger partial charge in [-0.25, -0.2) is 0 Å². The average molecular weight is 1140 g/mol. The van der Waals surface area contributed by atoms with E-state index in [-0.39, 0.29) is 37.4 Å². The number of para-hydroxylation sites is 2. The summed E-state index contributed by atoms with van der Waals surface area (Å²) in [6.45, 7) is 15.8. The largest absolute Gasteiger partial charge is 0 e. The van der Waals surface area contributed by atoms with Crippen LogP contribution in [0.1, 0.15) is 77.0 Å². The number of rotatable bonds is 7. The minimum Gasteiger partial charge on any atom is 0 e. The molecule has 0 saturated carbocycles. The molecule has 0 aliphatic rings. The molecule has 6 heteroatoms.